The zero-order chi connectivity index (χ0) is 7.28. The zero-order valence-electron chi connectivity index (χ0n) is 5.36. The highest BCUT2D eigenvalue weighted by Gasteiger charge is 2.06. The highest BCUT2D eigenvalue weighted by molar-refractivity contribution is 9.09. The number of ether oxygens (including phenoxy) is 1. The van der Waals surface area contributed by atoms with Crippen LogP contribution in [0.3, 0.4) is 0 Å². The third-order valence-corrected chi connectivity index (χ3v) is 1.69. The van der Waals surface area contributed by atoms with Gasteiger partial charge < -0.3 is 4.74 Å². The summed E-state index contributed by atoms with van der Waals surface area (Å²) in [5.41, 5.74) is 0. The fourth-order valence-electron chi connectivity index (χ4n) is 0.420. The van der Waals surface area contributed by atoms with Gasteiger partial charge in [0.1, 0.15) is 6.10 Å². The summed E-state index contributed by atoms with van der Waals surface area (Å²) in [7, 11) is 0. The molecule has 0 N–H and O–H groups in total. The lowest BCUT2D eigenvalue weighted by Gasteiger charge is -2.10. The molecule has 9 heavy (non-hydrogen) atoms. The molecule has 0 spiro atoms. The zero-order valence-corrected chi connectivity index (χ0v) is 7.70. The van der Waals surface area contributed by atoms with Gasteiger partial charge in [0.05, 0.1) is 0 Å². The summed E-state index contributed by atoms with van der Waals surface area (Å²) in [6.45, 7) is 6.15. The summed E-state index contributed by atoms with van der Waals surface area (Å²) in [5, 5.41) is 1.26. The van der Waals surface area contributed by atoms with E-state index in [-0.39, 0.29) is 6.10 Å². The number of halogens is 2. The van der Waals surface area contributed by atoms with E-state index in [0.29, 0.717) is 17.0 Å². The minimum absolute atomic E-state index is 0.0448. The molecule has 0 heterocycles. The van der Waals surface area contributed by atoms with Crippen LogP contribution < -0.4 is 0 Å². The lowest BCUT2D eigenvalue weighted by molar-refractivity contribution is 0.111. The van der Waals surface area contributed by atoms with E-state index in [2.05, 4.69) is 22.5 Å². The molecule has 0 rings (SSSR count). The third kappa shape index (κ3) is 3.95. The normalized spacial score (nSPS) is 13.2. The molecule has 0 aliphatic rings. The molecular weight excluding hydrogens is 203 g/mol. The van der Waals surface area contributed by atoms with E-state index in [1.807, 2.05) is 6.92 Å². The molecule has 0 aliphatic carbocycles. The van der Waals surface area contributed by atoms with Crippen molar-refractivity contribution in [1.29, 1.82) is 0 Å². The van der Waals surface area contributed by atoms with Crippen molar-refractivity contribution in [3.63, 3.8) is 0 Å². The second kappa shape index (κ2) is 5.27. The Morgan fingerprint density at radius 3 is 2.56 bits per heavy atom. The predicted octanol–water partition coefficient (Wildman–Crippen LogP) is 2.54. The number of hydrogen-bond donors (Lipinski definition) is 0. The lowest BCUT2D eigenvalue weighted by atomic mass is 10.4. The average Bonchev–Trinajstić information content (AvgIpc) is 1.82. The molecule has 0 fully saturated rings. The second-order valence-electron chi connectivity index (χ2n) is 1.55. The Bertz CT molecular complexity index is 95.1. The fraction of sp³-hybridized carbons (Fsp3) is 0.667. The Morgan fingerprint density at radius 2 is 2.44 bits per heavy atom. The molecule has 0 saturated heterocycles. The molecule has 0 aromatic carbocycles. The first-order valence-corrected chi connectivity index (χ1v) is 4.24. The molecule has 0 aromatic rings. The monoisotopic (exact) mass is 212 g/mol. The van der Waals surface area contributed by atoms with Crippen molar-refractivity contribution in [1.82, 2.24) is 0 Å². The van der Waals surface area contributed by atoms with Gasteiger partial charge in [-0.1, -0.05) is 34.1 Å². The number of hydrogen-bond acceptors (Lipinski definition) is 1. The predicted molar refractivity (Wildman–Crippen MR) is 44.2 cm³/mol. The first kappa shape index (κ1) is 9.47. The summed E-state index contributed by atoms with van der Waals surface area (Å²) in [6.07, 6.45) is -0.0448. The molecule has 1 nitrogen and oxygen atoms in total. The van der Waals surface area contributed by atoms with Gasteiger partial charge in [-0.05, 0) is 6.92 Å². The Hall–Kier alpha value is 0.470. The third-order valence-electron chi connectivity index (χ3n) is 0.857. The van der Waals surface area contributed by atoms with Crippen LogP contribution in [0, 0.1) is 0 Å². The molecule has 0 radical (unpaired) electrons. The van der Waals surface area contributed by atoms with Crippen LogP contribution in [0.4, 0.5) is 0 Å². The topological polar surface area (TPSA) is 9.23 Å². The van der Waals surface area contributed by atoms with E-state index in [4.69, 9.17) is 16.3 Å². The van der Waals surface area contributed by atoms with E-state index < -0.39 is 0 Å². The lowest BCUT2D eigenvalue weighted by Crippen LogP contribution is -2.13. The van der Waals surface area contributed by atoms with Crippen LogP contribution in [0.5, 0.6) is 0 Å². The minimum atomic E-state index is -0.0448. The molecule has 3 heteroatoms. The van der Waals surface area contributed by atoms with Crippen LogP contribution in [0.1, 0.15) is 6.92 Å². The fourth-order valence-corrected chi connectivity index (χ4v) is 1.32. The van der Waals surface area contributed by atoms with Gasteiger partial charge in [0.2, 0.25) is 0 Å². The molecule has 0 amide bonds. The van der Waals surface area contributed by atoms with Gasteiger partial charge in [0.15, 0.2) is 0 Å². The molecular formula is C6H10BrClO. The van der Waals surface area contributed by atoms with Gasteiger partial charge in [0.25, 0.3) is 0 Å². The van der Waals surface area contributed by atoms with Crippen molar-refractivity contribution >= 4 is 27.5 Å². The Balaban J connectivity index is 3.54. The van der Waals surface area contributed by atoms with Gasteiger partial charge in [-0.15, -0.1) is 0 Å². The molecule has 0 saturated carbocycles. The van der Waals surface area contributed by atoms with Crippen LogP contribution in [-0.4, -0.2) is 18.0 Å². The maximum atomic E-state index is 5.57. The number of alkyl halides is 1. The van der Waals surface area contributed by atoms with Crippen molar-refractivity contribution in [2.24, 2.45) is 0 Å². The first-order chi connectivity index (χ1) is 4.22. The molecule has 1 atom stereocenters. The van der Waals surface area contributed by atoms with Crippen molar-refractivity contribution < 1.29 is 4.74 Å². The van der Waals surface area contributed by atoms with Crippen LogP contribution in [-0.2, 0) is 4.74 Å². The summed E-state index contributed by atoms with van der Waals surface area (Å²) in [6, 6.07) is 0. The van der Waals surface area contributed by atoms with Gasteiger partial charge in [-0.3, -0.25) is 0 Å². The van der Waals surface area contributed by atoms with Gasteiger partial charge in [0, 0.05) is 17.0 Å². The van der Waals surface area contributed by atoms with Crippen LogP contribution >= 0.6 is 27.5 Å². The Morgan fingerprint density at radius 1 is 1.89 bits per heavy atom. The van der Waals surface area contributed by atoms with Crippen LogP contribution in [0.2, 0.25) is 0 Å². The van der Waals surface area contributed by atoms with Gasteiger partial charge >= 0.3 is 0 Å². The van der Waals surface area contributed by atoms with E-state index in [1.165, 1.54) is 0 Å². The van der Waals surface area contributed by atoms with Crippen LogP contribution in [0.15, 0.2) is 11.6 Å². The highest BCUT2D eigenvalue weighted by Crippen LogP contribution is 2.10. The van der Waals surface area contributed by atoms with Crippen molar-refractivity contribution in [2.45, 2.75) is 13.0 Å². The summed E-state index contributed by atoms with van der Waals surface area (Å²) >= 11 is 8.82. The van der Waals surface area contributed by atoms with Crippen molar-refractivity contribution in [3.8, 4) is 0 Å². The van der Waals surface area contributed by atoms with E-state index in [1.54, 1.807) is 0 Å². The quantitative estimate of drug-likeness (QED) is 0.652. The summed E-state index contributed by atoms with van der Waals surface area (Å²) in [4.78, 5) is 0. The van der Waals surface area contributed by atoms with Crippen molar-refractivity contribution in [3.05, 3.63) is 11.6 Å². The number of rotatable bonds is 4. The summed E-state index contributed by atoms with van der Waals surface area (Å²) in [5.74, 6) is 0. The SMILES string of the molecule is C=C(Cl)C(CBr)OCC. The standard InChI is InChI=1S/C6H10BrClO/c1-3-9-6(4-7)5(2)8/h6H,2-4H2,1H3. The van der Waals surface area contributed by atoms with Gasteiger partial charge in [-0.2, -0.15) is 0 Å². The van der Waals surface area contributed by atoms with Crippen LogP contribution in [0.25, 0.3) is 0 Å². The molecule has 54 valence electrons. The smallest absolute Gasteiger partial charge is 0.102 e. The maximum Gasteiger partial charge on any atom is 0.102 e. The second-order valence-corrected chi connectivity index (χ2v) is 2.68. The summed E-state index contributed by atoms with van der Waals surface area (Å²) < 4.78 is 5.17. The van der Waals surface area contributed by atoms with E-state index in [9.17, 15) is 0 Å². The van der Waals surface area contributed by atoms with Crippen molar-refractivity contribution in [2.75, 3.05) is 11.9 Å². The molecule has 0 aromatic heterocycles. The Labute approximate surface area is 69.2 Å². The molecule has 0 bridgehead atoms. The van der Waals surface area contributed by atoms with Gasteiger partial charge in [-0.25, -0.2) is 0 Å². The Kier molecular flexibility index (Phi) is 5.55. The maximum absolute atomic E-state index is 5.57. The van der Waals surface area contributed by atoms with E-state index >= 15 is 0 Å². The first-order valence-electron chi connectivity index (χ1n) is 2.74. The molecule has 1 unspecified atom stereocenters. The van der Waals surface area contributed by atoms with E-state index in [0.717, 1.165) is 0 Å². The average molecular weight is 214 g/mol. The highest BCUT2D eigenvalue weighted by atomic mass is 79.9. The largest absolute Gasteiger partial charge is 0.372 e. The molecule has 0 aliphatic heterocycles. The minimum Gasteiger partial charge on any atom is -0.372 e.